The fourth-order valence-corrected chi connectivity index (χ4v) is 3.29. The van der Waals surface area contributed by atoms with Crippen molar-refractivity contribution < 1.29 is 4.92 Å². The number of benzene rings is 1. The maximum atomic E-state index is 10.9. The van der Waals surface area contributed by atoms with Crippen molar-refractivity contribution in [1.29, 1.82) is 0 Å². The van der Waals surface area contributed by atoms with Crippen LogP contribution in [0.25, 0.3) is 0 Å². The van der Waals surface area contributed by atoms with Crippen LogP contribution in [-0.2, 0) is 6.54 Å². The van der Waals surface area contributed by atoms with Gasteiger partial charge in [0, 0.05) is 37.1 Å². The molecule has 0 fully saturated rings. The van der Waals surface area contributed by atoms with Crippen LogP contribution in [0.2, 0.25) is 5.02 Å². The number of non-ortho nitro benzene ring substituents is 1. The average Bonchev–Trinajstić information content (AvgIpc) is 2.99. The van der Waals surface area contributed by atoms with E-state index in [1.807, 2.05) is 6.07 Å². The molecule has 2 heterocycles. The Labute approximate surface area is 143 Å². The Kier molecular flexibility index (Phi) is 4.23. The lowest BCUT2D eigenvalue weighted by molar-refractivity contribution is -0.384. The minimum atomic E-state index is -0.457. The second kappa shape index (κ2) is 6.17. The van der Waals surface area contributed by atoms with E-state index in [4.69, 9.17) is 23.8 Å². The number of rotatable bonds is 2. The maximum absolute atomic E-state index is 10.9. The molecule has 0 bridgehead atoms. The summed E-state index contributed by atoms with van der Waals surface area (Å²) in [5.74, 6) is 0. The van der Waals surface area contributed by atoms with Crippen LogP contribution in [0.15, 0.2) is 36.5 Å². The monoisotopic (exact) mass is 350 g/mol. The first-order chi connectivity index (χ1) is 11.0. The van der Waals surface area contributed by atoms with Gasteiger partial charge in [0.1, 0.15) is 0 Å². The normalized spacial score (nSPS) is 16.8. The van der Waals surface area contributed by atoms with Crippen LogP contribution in [-0.4, -0.2) is 26.0 Å². The molecule has 1 aliphatic heterocycles. The Hall–Kier alpha value is -2.12. The second-order valence-electron chi connectivity index (χ2n) is 5.35. The molecule has 1 N–H and O–H groups in total. The molecule has 8 heteroatoms. The smallest absolute Gasteiger partial charge is 0.271 e. The molecule has 1 atom stereocenters. The van der Waals surface area contributed by atoms with Gasteiger partial charge in [0.05, 0.1) is 21.7 Å². The number of thiocarbonyl (C=S) groups is 1. The Bertz CT molecular complexity index is 777. The van der Waals surface area contributed by atoms with Gasteiger partial charge in [-0.1, -0.05) is 11.6 Å². The zero-order valence-electron chi connectivity index (χ0n) is 12.4. The van der Waals surface area contributed by atoms with E-state index in [1.165, 1.54) is 23.9 Å². The van der Waals surface area contributed by atoms with E-state index >= 15 is 0 Å². The molecule has 0 spiro atoms. The first-order valence-corrected chi connectivity index (χ1v) is 7.92. The third-order valence-electron chi connectivity index (χ3n) is 4.01. The van der Waals surface area contributed by atoms with E-state index in [0.717, 1.165) is 13.1 Å². The van der Waals surface area contributed by atoms with Crippen LogP contribution < -0.4 is 5.32 Å². The molecular formula is C15H15ClN4O2S. The SMILES string of the molecule is C[C@@H]1c2cccn2CCN1C(=S)Nc1cc([N+](=O)[O-])ccc1Cl. The summed E-state index contributed by atoms with van der Waals surface area (Å²) in [7, 11) is 0. The number of nitrogens with zero attached hydrogens (tertiary/aromatic N) is 3. The number of halogens is 1. The highest BCUT2D eigenvalue weighted by molar-refractivity contribution is 7.80. The van der Waals surface area contributed by atoms with Crippen molar-refractivity contribution in [2.24, 2.45) is 0 Å². The van der Waals surface area contributed by atoms with E-state index in [1.54, 1.807) is 0 Å². The molecule has 120 valence electrons. The van der Waals surface area contributed by atoms with E-state index in [-0.39, 0.29) is 11.7 Å². The Morgan fingerprint density at radius 2 is 2.22 bits per heavy atom. The lowest BCUT2D eigenvalue weighted by Crippen LogP contribution is -2.42. The third-order valence-corrected chi connectivity index (χ3v) is 4.67. The zero-order valence-corrected chi connectivity index (χ0v) is 14.0. The largest absolute Gasteiger partial charge is 0.348 e. The molecule has 6 nitrogen and oxygen atoms in total. The van der Waals surface area contributed by atoms with Crippen molar-refractivity contribution in [2.45, 2.75) is 19.5 Å². The van der Waals surface area contributed by atoms with Crippen molar-refractivity contribution in [3.63, 3.8) is 0 Å². The number of nitro benzene ring substituents is 1. The highest BCUT2D eigenvalue weighted by Crippen LogP contribution is 2.29. The van der Waals surface area contributed by atoms with Crippen molar-refractivity contribution >= 4 is 40.3 Å². The van der Waals surface area contributed by atoms with E-state index in [9.17, 15) is 10.1 Å². The molecule has 1 aromatic heterocycles. The van der Waals surface area contributed by atoms with Gasteiger partial charge in [0.25, 0.3) is 5.69 Å². The molecular weight excluding hydrogens is 336 g/mol. The molecule has 0 unspecified atom stereocenters. The minimum absolute atomic E-state index is 0.0275. The van der Waals surface area contributed by atoms with Crippen LogP contribution in [0.3, 0.4) is 0 Å². The fraction of sp³-hybridized carbons (Fsp3) is 0.267. The Balaban J connectivity index is 1.80. The van der Waals surface area contributed by atoms with Gasteiger partial charge in [-0.2, -0.15) is 0 Å². The first-order valence-electron chi connectivity index (χ1n) is 7.14. The molecule has 0 radical (unpaired) electrons. The molecule has 1 aliphatic rings. The maximum Gasteiger partial charge on any atom is 0.271 e. The topological polar surface area (TPSA) is 63.3 Å². The minimum Gasteiger partial charge on any atom is -0.348 e. The molecule has 23 heavy (non-hydrogen) atoms. The van der Waals surface area contributed by atoms with Gasteiger partial charge in [-0.3, -0.25) is 10.1 Å². The van der Waals surface area contributed by atoms with Gasteiger partial charge in [0.2, 0.25) is 0 Å². The summed E-state index contributed by atoms with van der Waals surface area (Å²) in [6.45, 7) is 3.69. The lowest BCUT2D eigenvalue weighted by Gasteiger charge is -2.36. The average molecular weight is 351 g/mol. The van der Waals surface area contributed by atoms with Crippen LogP contribution in [0, 0.1) is 10.1 Å². The summed E-state index contributed by atoms with van der Waals surface area (Å²) >= 11 is 11.6. The predicted octanol–water partition coefficient (Wildman–Crippen LogP) is 3.82. The van der Waals surface area contributed by atoms with Gasteiger partial charge in [0.15, 0.2) is 5.11 Å². The Morgan fingerprint density at radius 1 is 1.43 bits per heavy atom. The molecule has 3 rings (SSSR count). The fourth-order valence-electron chi connectivity index (χ4n) is 2.77. The molecule has 0 saturated heterocycles. The molecule has 1 aromatic carbocycles. The second-order valence-corrected chi connectivity index (χ2v) is 6.14. The summed E-state index contributed by atoms with van der Waals surface area (Å²) in [4.78, 5) is 12.5. The van der Waals surface area contributed by atoms with Crippen molar-refractivity contribution in [2.75, 3.05) is 11.9 Å². The molecule has 2 aromatic rings. The highest BCUT2D eigenvalue weighted by atomic mass is 35.5. The number of anilines is 1. The third kappa shape index (κ3) is 3.02. The Morgan fingerprint density at radius 3 is 2.96 bits per heavy atom. The number of hydrogen-bond donors (Lipinski definition) is 1. The van der Waals surface area contributed by atoms with E-state index < -0.39 is 4.92 Å². The summed E-state index contributed by atoms with van der Waals surface area (Å²) in [5.41, 5.74) is 1.60. The van der Waals surface area contributed by atoms with Crippen molar-refractivity contribution in [3.8, 4) is 0 Å². The van der Waals surface area contributed by atoms with Gasteiger partial charge in [-0.15, -0.1) is 0 Å². The van der Waals surface area contributed by atoms with Gasteiger partial charge >= 0.3 is 0 Å². The standard InChI is InChI=1S/C15H15ClN4O2S/c1-10-14-3-2-6-18(14)7-8-19(10)15(23)17-13-9-11(20(21)22)4-5-12(13)16/h2-6,9-10H,7-8H2,1H3,(H,17,23)/t10-/m1/s1. The summed E-state index contributed by atoms with van der Waals surface area (Å²) < 4.78 is 2.20. The quantitative estimate of drug-likeness (QED) is 0.506. The summed E-state index contributed by atoms with van der Waals surface area (Å²) in [6.07, 6.45) is 2.05. The van der Waals surface area contributed by atoms with E-state index in [0.29, 0.717) is 15.8 Å². The van der Waals surface area contributed by atoms with Crippen LogP contribution in [0.5, 0.6) is 0 Å². The number of fused-ring (bicyclic) bond motifs is 1. The summed E-state index contributed by atoms with van der Waals surface area (Å²) in [6, 6.07) is 8.47. The van der Waals surface area contributed by atoms with Crippen LogP contribution >= 0.6 is 23.8 Å². The number of aromatic nitrogens is 1. The van der Waals surface area contributed by atoms with E-state index in [2.05, 4.69) is 34.0 Å². The molecule has 0 aliphatic carbocycles. The van der Waals surface area contributed by atoms with Gasteiger partial charge < -0.3 is 14.8 Å². The highest BCUT2D eigenvalue weighted by Gasteiger charge is 2.25. The summed E-state index contributed by atoms with van der Waals surface area (Å²) in [5, 5.41) is 14.8. The first kappa shape index (κ1) is 15.8. The number of nitro groups is 1. The van der Waals surface area contributed by atoms with Gasteiger partial charge in [-0.05, 0) is 37.3 Å². The number of nitrogens with one attached hydrogen (secondary N) is 1. The van der Waals surface area contributed by atoms with Crippen LogP contribution in [0.1, 0.15) is 18.7 Å². The van der Waals surface area contributed by atoms with Crippen molar-refractivity contribution in [1.82, 2.24) is 9.47 Å². The molecule has 0 amide bonds. The lowest BCUT2D eigenvalue weighted by atomic mass is 10.1. The van der Waals surface area contributed by atoms with Gasteiger partial charge in [-0.25, -0.2) is 0 Å². The predicted molar refractivity (Wildman–Crippen MR) is 93.9 cm³/mol. The molecule has 0 saturated carbocycles. The zero-order chi connectivity index (χ0) is 16.6. The van der Waals surface area contributed by atoms with Crippen LogP contribution in [0.4, 0.5) is 11.4 Å². The number of hydrogen-bond acceptors (Lipinski definition) is 3. The van der Waals surface area contributed by atoms with Crippen molar-refractivity contribution in [3.05, 3.63) is 57.4 Å².